The Morgan fingerprint density at radius 3 is 2.63 bits per heavy atom. The Kier molecular flexibility index (Phi) is 6.17. The maximum absolute atomic E-state index is 13.3. The number of allylic oxidation sites excluding steroid dienone is 1. The molecule has 0 saturated heterocycles. The number of ether oxygens (including phenoxy) is 4. The van der Waals surface area contributed by atoms with Crippen molar-refractivity contribution in [2.45, 2.75) is 19.9 Å². The SMILES string of the molecule is COc1ccc(OC)c(/C=C2/Oc3c4c(cc(C)c3C2=O)OCN(CCc2ccc(F)cc2)C4)c1. The number of nitrogens with zero attached hydrogens (tertiary/aromatic N) is 1. The smallest absolute Gasteiger partial charge is 0.232 e. The number of carbonyl (C=O) groups is 1. The Hall–Kier alpha value is -3.84. The van der Waals surface area contributed by atoms with Gasteiger partial charge < -0.3 is 18.9 Å². The number of ketones is 1. The molecule has 7 heteroatoms. The molecule has 2 aliphatic rings. The molecule has 6 nitrogen and oxygen atoms in total. The predicted octanol–water partition coefficient (Wildman–Crippen LogP) is 5.16. The Bertz CT molecular complexity index is 1320. The number of hydrogen-bond donors (Lipinski definition) is 0. The number of aryl methyl sites for hydroxylation is 1. The van der Waals surface area contributed by atoms with Crippen molar-refractivity contribution in [3.05, 3.63) is 87.9 Å². The van der Waals surface area contributed by atoms with Crippen molar-refractivity contribution >= 4 is 11.9 Å². The van der Waals surface area contributed by atoms with Gasteiger partial charge in [0.25, 0.3) is 0 Å². The quantitative estimate of drug-likeness (QED) is 0.459. The molecule has 0 bridgehead atoms. The first kappa shape index (κ1) is 22.9. The van der Waals surface area contributed by atoms with Gasteiger partial charge in [0.1, 0.15) is 35.5 Å². The van der Waals surface area contributed by atoms with Crippen LogP contribution in [0.1, 0.15) is 32.6 Å². The van der Waals surface area contributed by atoms with Gasteiger partial charge in [0, 0.05) is 18.7 Å². The first-order chi connectivity index (χ1) is 17.0. The van der Waals surface area contributed by atoms with Gasteiger partial charge in [0.15, 0.2) is 5.76 Å². The molecule has 2 aliphatic heterocycles. The number of halogens is 1. The van der Waals surface area contributed by atoms with Crippen molar-refractivity contribution in [2.75, 3.05) is 27.5 Å². The van der Waals surface area contributed by atoms with E-state index >= 15 is 0 Å². The zero-order valence-electron chi connectivity index (χ0n) is 19.9. The van der Waals surface area contributed by atoms with E-state index in [1.54, 1.807) is 50.6 Å². The van der Waals surface area contributed by atoms with Crippen LogP contribution in [0.15, 0.2) is 54.3 Å². The molecule has 0 N–H and O–H groups in total. The number of carbonyl (C=O) groups excluding carboxylic acids is 1. The molecule has 0 aromatic heterocycles. The van der Waals surface area contributed by atoms with E-state index in [1.165, 1.54) is 12.1 Å². The van der Waals surface area contributed by atoms with Crippen molar-refractivity contribution in [3.8, 4) is 23.0 Å². The minimum absolute atomic E-state index is 0.173. The Labute approximate surface area is 203 Å². The third-order valence-corrected chi connectivity index (χ3v) is 6.34. The summed E-state index contributed by atoms with van der Waals surface area (Å²) in [6.07, 6.45) is 2.44. The van der Waals surface area contributed by atoms with Crippen molar-refractivity contribution in [3.63, 3.8) is 0 Å². The highest BCUT2D eigenvalue weighted by Crippen LogP contribution is 2.44. The van der Waals surface area contributed by atoms with Gasteiger partial charge >= 0.3 is 0 Å². The Morgan fingerprint density at radius 2 is 1.89 bits per heavy atom. The molecule has 2 heterocycles. The fourth-order valence-corrected chi connectivity index (χ4v) is 4.45. The second-order valence-electron chi connectivity index (χ2n) is 8.62. The lowest BCUT2D eigenvalue weighted by Gasteiger charge is -2.30. The van der Waals surface area contributed by atoms with Crippen molar-refractivity contribution in [2.24, 2.45) is 0 Å². The van der Waals surface area contributed by atoms with E-state index in [0.29, 0.717) is 41.7 Å². The molecule has 180 valence electrons. The van der Waals surface area contributed by atoms with Gasteiger partial charge in [-0.15, -0.1) is 0 Å². The fraction of sp³-hybridized carbons (Fsp3) is 0.250. The predicted molar refractivity (Wildman–Crippen MR) is 130 cm³/mol. The highest BCUT2D eigenvalue weighted by Gasteiger charge is 2.35. The summed E-state index contributed by atoms with van der Waals surface area (Å²) in [5, 5.41) is 0. The summed E-state index contributed by atoms with van der Waals surface area (Å²) in [6, 6.07) is 13.8. The van der Waals surface area contributed by atoms with Crippen LogP contribution < -0.4 is 18.9 Å². The van der Waals surface area contributed by atoms with E-state index in [9.17, 15) is 9.18 Å². The second-order valence-corrected chi connectivity index (χ2v) is 8.62. The van der Waals surface area contributed by atoms with E-state index < -0.39 is 0 Å². The van der Waals surface area contributed by atoms with Crippen molar-refractivity contribution in [1.82, 2.24) is 4.90 Å². The Morgan fingerprint density at radius 1 is 1.09 bits per heavy atom. The van der Waals surface area contributed by atoms with Crippen LogP contribution in [0.5, 0.6) is 23.0 Å². The van der Waals surface area contributed by atoms with Crippen LogP contribution in [-0.4, -0.2) is 38.2 Å². The van der Waals surface area contributed by atoms with Crippen LogP contribution in [-0.2, 0) is 13.0 Å². The normalized spacial score (nSPS) is 15.9. The molecule has 0 saturated carbocycles. The lowest BCUT2D eigenvalue weighted by molar-refractivity contribution is 0.0949. The van der Waals surface area contributed by atoms with Gasteiger partial charge in [0.05, 0.1) is 25.3 Å². The molecular weight excluding hydrogens is 449 g/mol. The van der Waals surface area contributed by atoms with Crippen LogP contribution in [0.3, 0.4) is 0 Å². The summed E-state index contributed by atoms with van der Waals surface area (Å²) in [7, 11) is 3.16. The van der Waals surface area contributed by atoms with Crippen molar-refractivity contribution in [1.29, 1.82) is 0 Å². The van der Waals surface area contributed by atoms with Gasteiger partial charge in [-0.05, 0) is 66.9 Å². The van der Waals surface area contributed by atoms with E-state index in [4.69, 9.17) is 18.9 Å². The summed E-state index contributed by atoms with van der Waals surface area (Å²) in [4.78, 5) is 15.5. The number of rotatable bonds is 6. The number of benzene rings is 3. The molecule has 3 aromatic carbocycles. The van der Waals surface area contributed by atoms with Crippen LogP contribution >= 0.6 is 0 Å². The van der Waals surface area contributed by atoms with Gasteiger partial charge in [-0.25, -0.2) is 4.39 Å². The molecule has 5 rings (SSSR count). The second kappa shape index (κ2) is 9.43. The van der Waals surface area contributed by atoms with Crippen LogP contribution in [0.2, 0.25) is 0 Å². The van der Waals surface area contributed by atoms with E-state index in [2.05, 4.69) is 4.90 Å². The first-order valence-electron chi connectivity index (χ1n) is 11.4. The zero-order valence-corrected chi connectivity index (χ0v) is 19.9. The van der Waals surface area contributed by atoms with Gasteiger partial charge in [-0.3, -0.25) is 9.69 Å². The lowest BCUT2D eigenvalue weighted by Crippen LogP contribution is -2.33. The molecule has 0 radical (unpaired) electrons. The molecule has 0 amide bonds. The van der Waals surface area contributed by atoms with E-state index in [0.717, 1.165) is 35.4 Å². The van der Waals surface area contributed by atoms with Crippen LogP contribution in [0.25, 0.3) is 6.08 Å². The third-order valence-electron chi connectivity index (χ3n) is 6.34. The lowest BCUT2D eigenvalue weighted by atomic mass is 9.98. The average molecular weight is 476 g/mol. The highest BCUT2D eigenvalue weighted by atomic mass is 19.1. The summed E-state index contributed by atoms with van der Waals surface area (Å²) in [6.45, 7) is 3.64. The minimum Gasteiger partial charge on any atom is -0.497 e. The third kappa shape index (κ3) is 4.47. The van der Waals surface area contributed by atoms with Gasteiger partial charge in [-0.2, -0.15) is 0 Å². The minimum atomic E-state index is -0.243. The van der Waals surface area contributed by atoms with E-state index in [1.807, 2.05) is 13.0 Å². The molecule has 0 aliphatic carbocycles. The van der Waals surface area contributed by atoms with Crippen LogP contribution in [0, 0.1) is 12.7 Å². The van der Waals surface area contributed by atoms with E-state index in [-0.39, 0.29) is 17.4 Å². The number of methoxy groups -OCH3 is 2. The molecule has 3 aromatic rings. The van der Waals surface area contributed by atoms with Crippen LogP contribution in [0.4, 0.5) is 4.39 Å². The Balaban J connectivity index is 1.42. The summed E-state index contributed by atoms with van der Waals surface area (Å²) in [5.41, 5.74) is 3.96. The molecule has 0 atom stereocenters. The monoisotopic (exact) mass is 475 g/mol. The van der Waals surface area contributed by atoms with Crippen molar-refractivity contribution < 1.29 is 28.1 Å². The van der Waals surface area contributed by atoms with Gasteiger partial charge in [0.2, 0.25) is 5.78 Å². The first-order valence-corrected chi connectivity index (χ1v) is 11.4. The molecule has 0 fully saturated rings. The van der Waals surface area contributed by atoms with Gasteiger partial charge in [-0.1, -0.05) is 12.1 Å². The average Bonchev–Trinajstić information content (AvgIpc) is 3.20. The zero-order chi connectivity index (χ0) is 24.5. The maximum Gasteiger partial charge on any atom is 0.232 e. The molecule has 0 unspecified atom stereocenters. The largest absolute Gasteiger partial charge is 0.497 e. The number of hydrogen-bond acceptors (Lipinski definition) is 6. The molecular formula is C28H26FNO5. The maximum atomic E-state index is 13.3. The number of Topliss-reactive ketones (excluding diaryl/α,β-unsaturated/α-hetero) is 1. The topological polar surface area (TPSA) is 57.2 Å². The molecule has 0 spiro atoms. The fourth-order valence-electron chi connectivity index (χ4n) is 4.45. The molecule has 35 heavy (non-hydrogen) atoms. The summed E-state index contributed by atoms with van der Waals surface area (Å²) >= 11 is 0. The summed E-state index contributed by atoms with van der Waals surface area (Å²) in [5.74, 6) is 2.35. The number of fused-ring (bicyclic) bond motifs is 3. The highest BCUT2D eigenvalue weighted by molar-refractivity contribution is 6.16. The summed E-state index contributed by atoms with van der Waals surface area (Å²) < 4.78 is 36.2. The standard InChI is InChI=1S/C28H26FNO5/c1-17-12-24-22(15-30(16-34-24)11-10-18-4-6-20(29)7-5-18)28-26(17)27(31)25(35-28)14-19-13-21(32-2)8-9-23(19)33-3/h4-9,12-14H,10-11,15-16H2,1-3H3/b25-14+.